The maximum Gasteiger partial charge on any atom is 0.419 e. The molecule has 0 unspecified atom stereocenters. The highest BCUT2D eigenvalue weighted by Crippen LogP contribution is 2.36. The molecule has 2 N–H and O–H groups in total. The first-order chi connectivity index (χ1) is 8.88. The number of hydrogen-bond acceptors (Lipinski definition) is 3. The van der Waals surface area contributed by atoms with Crippen LogP contribution < -0.4 is 10.5 Å². The van der Waals surface area contributed by atoms with Crippen LogP contribution in [-0.4, -0.2) is 9.55 Å². The van der Waals surface area contributed by atoms with E-state index in [0.29, 0.717) is 11.6 Å². The Balaban J connectivity index is 2.18. The lowest BCUT2D eigenvalue weighted by Crippen LogP contribution is -2.10. The summed E-state index contributed by atoms with van der Waals surface area (Å²) >= 11 is 0. The zero-order valence-electron chi connectivity index (χ0n) is 10.1. The molecular formula is C12H12F3N3O. The number of ether oxygens (including phenoxy) is 1. The van der Waals surface area contributed by atoms with Crippen molar-refractivity contribution in [1.29, 1.82) is 0 Å². The fourth-order valence-corrected chi connectivity index (χ4v) is 1.63. The smallest absolute Gasteiger partial charge is 0.419 e. The molecule has 1 heterocycles. The van der Waals surface area contributed by atoms with Gasteiger partial charge in [0.25, 0.3) is 0 Å². The van der Waals surface area contributed by atoms with E-state index in [2.05, 4.69) is 4.98 Å². The first-order valence-electron chi connectivity index (χ1n) is 5.44. The summed E-state index contributed by atoms with van der Waals surface area (Å²) in [7, 11) is 1.69. The molecule has 0 fully saturated rings. The van der Waals surface area contributed by atoms with E-state index in [0.717, 1.165) is 6.07 Å². The summed E-state index contributed by atoms with van der Waals surface area (Å²) in [6.45, 7) is -0.0825. The Kier molecular flexibility index (Phi) is 3.37. The molecule has 0 aliphatic rings. The van der Waals surface area contributed by atoms with E-state index < -0.39 is 11.7 Å². The number of nitrogens with zero attached hydrogens (tertiary/aromatic N) is 2. The van der Waals surface area contributed by atoms with Gasteiger partial charge in [0.2, 0.25) is 0 Å². The van der Waals surface area contributed by atoms with Crippen LogP contribution in [0, 0.1) is 0 Å². The molecule has 2 aromatic rings. The summed E-state index contributed by atoms with van der Waals surface area (Å²) in [5, 5.41) is 0. The molecule has 0 spiro atoms. The highest BCUT2D eigenvalue weighted by Gasteiger charge is 2.34. The van der Waals surface area contributed by atoms with Gasteiger partial charge < -0.3 is 15.0 Å². The zero-order valence-corrected chi connectivity index (χ0v) is 10.1. The van der Waals surface area contributed by atoms with Crippen molar-refractivity contribution >= 4 is 5.82 Å². The first kappa shape index (κ1) is 13.3. The predicted octanol–water partition coefficient (Wildman–Crippen LogP) is 2.60. The minimum absolute atomic E-state index is 0.0825. The zero-order chi connectivity index (χ0) is 14.0. The Morgan fingerprint density at radius 2 is 2.00 bits per heavy atom. The number of alkyl halides is 3. The highest BCUT2D eigenvalue weighted by molar-refractivity contribution is 5.35. The molecule has 1 aromatic carbocycles. The number of benzene rings is 1. The number of anilines is 1. The van der Waals surface area contributed by atoms with Crippen LogP contribution in [0.25, 0.3) is 0 Å². The fourth-order valence-electron chi connectivity index (χ4n) is 1.63. The van der Waals surface area contributed by atoms with Crippen molar-refractivity contribution in [2.75, 3.05) is 5.73 Å². The van der Waals surface area contributed by atoms with Gasteiger partial charge in [-0.05, 0) is 12.1 Å². The van der Waals surface area contributed by atoms with Crippen molar-refractivity contribution in [1.82, 2.24) is 9.55 Å². The average Bonchev–Trinajstić information content (AvgIpc) is 2.64. The Morgan fingerprint density at radius 3 is 2.58 bits per heavy atom. The molecule has 2 rings (SSSR count). The van der Waals surface area contributed by atoms with Gasteiger partial charge in [-0.15, -0.1) is 0 Å². The van der Waals surface area contributed by atoms with Gasteiger partial charge in [-0.2, -0.15) is 13.2 Å². The van der Waals surface area contributed by atoms with Gasteiger partial charge >= 0.3 is 6.18 Å². The lowest BCUT2D eigenvalue weighted by Gasteiger charge is -2.13. The summed E-state index contributed by atoms with van der Waals surface area (Å²) in [5.74, 6) is 0.524. The quantitative estimate of drug-likeness (QED) is 0.933. The Morgan fingerprint density at radius 1 is 1.32 bits per heavy atom. The number of para-hydroxylation sites is 1. The number of nitrogens with two attached hydrogens (primary N) is 1. The molecule has 0 bridgehead atoms. The van der Waals surface area contributed by atoms with Crippen LogP contribution in [0.15, 0.2) is 30.5 Å². The maximum atomic E-state index is 12.7. The number of aryl methyl sites for hydroxylation is 1. The molecule has 4 nitrogen and oxygen atoms in total. The molecule has 1 aromatic heterocycles. The number of aromatic nitrogens is 2. The Bertz CT molecular complexity index is 578. The van der Waals surface area contributed by atoms with Gasteiger partial charge in [0.15, 0.2) is 0 Å². The number of nitrogen functional groups attached to an aromatic ring is 1. The first-order valence-corrected chi connectivity index (χ1v) is 5.44. The van der Waals surface area contributed by atoms with Gasteiger partial charge in [0.1, 0.15) is 24.0 Å². The number of imidazole rings is 1. The van der Waals surface area contributed by atoms with E-state index in [-0.39, 0.29) is 12.4 Å². The van der Waals surface area contributed by atoms with Crippen molar-refractivity contribution in [3.63, 3.8) is 0 Å². The predicted molar refractivity (Wildman–Crippen MR) is 63.4 cm³/mol. The second-order valence-electron chi connectivity index (χ2n) is 3.98. The molecule has 19 heavy (non-hydrogen) atoms. The van der Waals surface area contributed by atoms with Gasteiger partial charge in [0.05, 0.1) is 5.56 Å². The number of halogens is 3. The number of rotatable bonds is 3. The van der Waals surface area contributed by atoms with Crippen LogP contribution in [0.4, 0.5) is 19.0 Å². The molecule has 0 saturated heterocycles. The van der Waals surface area contributed by atoms with E-state index in [4.69, 9.17) is 10.5 Å². The molecular weight excluding hydrogens is 259 g/mol. The molecule has 0 aliphatic carbocycles. The molecule has 0 amide bonds. The molecule has 0 saturated carbocycles. The molecule has 0 radical (unpaired) electrons. The third kappa shape index (κ3) is 2.98. The van der Waals surface area contributed by atoms with Gasteiger partial charge in [-0.25, -0.2) is 4.98 Å². The van der Waals surface area contributed by atoms with Crippen LogP contribution in [0.3, 0.4) is 0 Å². The summed E-state index contributed by atoms with van der Waals surface area (Å²) in [5.41, 5.74) is 4.67. The maximum absolute atomic E-state index is 12.7. The lowest BCUT2D eigenvalue weighted by molar-refractivity contribution is -0.139. The fraction of sp³-hybridized carbons (Fsp3) is 0.250. The minimum atomic E-state index is -4.45. The van der Waals surface area contributed by atoms with E-state index in [1.165, 1.54) is 18.2 Å². The third-order valence-electron chi connectivity index (χ3n) is 2.54. The van der Waals surface area contributed by atoms with Crippen LogP contribution in [-0.2, 0) is 19.8 Å². The summed E-state index contributed by atoms with van der Waals surface area (Å²) in [4.78, 5) is 3.95. The number of hydrogen-bond donors (Lipinski definition) is 1. The van der Waals surface area contributed by atoms with E-state index in [1.54, 1.807) is 17.8 Å². The standard InChI is InChI=1S/C12H12F3N3O/c1-18-6-10(16)17-11(18)7-19-9-5-3-2-4-8(9)12(13,14)15/h2-6H,7,16H2,1H3. The van der Waals surface area contributed by atoms with Gasteiger partial charge in [-0.1, -0.05) is 12.1 Å². The minimum Gasteiger partial charge on any atom is -0.485 e. The van der Waals surface area contributed by atoms with Crippen LogP contribution in [0.1, 0.15) is 11.4 Å². The Hall–Kier alpha value is -2.18. The third-order valence-corrected chi connectivity index (χ3v) is 2.54. The highest BCUT2D eigenvalue weighted by atomic mass is 19.4. The van der Waals surface area contributed by atoms with Crippen molar-refractivity contribution in [3.8, 4) is 5.75 Å². The SMILES string of the molecule is Cn1cc(N)nc1COc1ccccc1C(F)(F)F. The van der Waals surface area contributed by atoms with Gasteiger partial charge in [0, 0.05) is 13.2 Å². The van der Waals surface area contributed by atoms with Crippen LogP contribution in [0.5, 0.6) is 5.75 Å². The van der Waals surface area contributed by atoms with E-state index in [1.807, 2.05) is 0 Å². The molecule has 0 aliphatic heterocycles. The van der Waals surface area contributed by atoms with Crippen molar-refractivity contribution in [2.45, 2.75) is 12.8 Å². The monoisotopic (exact) mass is 271 g/mol. The van der Waals surface area contributed by atoms with E-state index >= 15 is 0 Å². The largest absolute Gasteiger partial charge is 0.485 e. The second kappa shape index (κ2) is 4.83. The van der Waals surface area contributed by atoms with E-state index in [9.17, 15) is 13.2 Å². The summed E-state index contributed by atoms with van der Waals surface area (Å²) in [6.07, 6.45) is -2.88. The summed E-state index contributed by atoms with van der Waals surface area (Å²) < 4.78 is 45.0. The normalized spacial score (nSPS) is 11.6. The molecule has 102 valence electrons. The van der Waals surface area contributed by atoms with Crippen molar-refractivity contribution < 1.29 is 17.9 Å². The Labute approximate surface area is 107 Å². The van der Waals surface area contributed by atoms with Crippen LogP contribution in [0.2, 0.25) is 0 Å². The van der Waals surface area contributed by atoms with Crippen molar-refractivity contribution in [2.24, 2.45) is 7.05 Å². The lowest BCUT2D eigenvalue weighted by atomic mass is 10.2. The second-order valence-corrected chi connectivity index (χ2v) is 3.98. The molecule has 0 atom stereocenters. The topological polar surface area (TPSA) is 53.1 Å². The average molecular weight is 271 g/mol. The summed E-state index contributed by atoms with van der Waals surface area (Å²) in [6, 6.07) is 5.04. The molecule has 7 heteroatoms. The van der Waals surface area contributed by atoms with Crippen LogP contribution >= 0.6 is 0 Å². The van der Waals surface area contributed by atoms with Gasteiger partial charge in [-0.3, -0.25) is 0 Å². The van der Waals surface area contributed by atoms with Crippen molar-refractivity contribution in [3.05, 3.63) is 41.9 Å².